The Morgan fingerprint density at radius 1 is 1.58 bits per heavy atom. The monoisotopic (exact) mass is 362 g/mol. The molecule has 1 aromatic carbocycles. The minimum atomic E-state index is -0.669. The Bertz CT molecular complexity index is 342. The summed E-state index contributed by atoms with van der Waals surface area (Å²) in [5, 5.41) is -0.669. The molecule has 5 heteroatoms. The molecule has 0 fully saturated rings. The van der Waals surface area contributed by atoms with Gasteiger partial charge in [-0.05, 0) is 62.3 Å². The summed E-state index contributed by atoms with van der Waals surface area (Å²) >= 11 is 10.1. The molecule has 0 amide bonds. The second kappa shape index (κ2) is 4.02. The zero-order valence-electron chi connectivity index (χ0n) is 5.57. The number of hydrogen-bond acceptors (Lipinski definition) is 1. The summed E-state index contributed by atoms with van der Waals surface area (Å²) in [6.45, 7) is 0. The van der Waals surface area contributed by atoms with Gasteiger partial charge in [0.2, 0.25) is 0 Å². The lowest BCUT2D eigenvalue weighted by atomic mass is 10.2. The van der Waals surface area contributed by atoms with Crippen LogP contribution in [0.1, 0.15) is 10.4 Å². The maximum Gasteiger partial charge on any atom is 0.253 e. The lowest BCUT2D eigenvalue weighted by Crippen LogP contribution is -1.94. The van der Waals surface area contributed by atoms with E-state index in [1.807, 2.05) is 22.6 Å². The average Bonchev–Trinajstić information content (AvgIpc) is 1.96. The summed E-state index contributed by atoms with van der Waals surface area (Å²) in [6, 6.07) is 2.62. The van der Waals surface area contributed by atoms with E-state index >= 15 is 0 Å². The van der Waals surface area contributed by atoms with Crippen LogP contribution in [0.25, 0.3) is 0 Å². The zero-order valence-corrected chi connectivity index (χ0v) is 10.1. The fourth-order valence-electron chi connectivity index (χ4n) is 0.673. The van der Waals surface area contributed by atoms with Crippen molar-refractivity contribution in [3.8, 4) is 0 Å². The van der Waals surface area contributed by atoms with Crippen molar-refractivity contribution in [1.29, 1.82) is 0 Å². The van der Waals surface area contributed by atoms with Crippen LogP contribution >= 0.6 is 50.1 Å². The van der Waals surface area contributed by atoms with Gasteiger partial charge in [-0.25, -0.2) is 4.39 Å². The Labute approximate surface area is 95.6 Å². The van der Waals surface area contributed by atoms with Gasteiger partial charge in [-0.3, -0.25) is 4.79 Å². The molecule has 0 aliphatic rings. The molecule has 0 N–H and O–H groups in total. The van der Waals surface area contributed by atoms with Crippen molar-refractivity contribution in [3.05, 3.63) is 31.6 Å². The highest BCUT2D eigenvalue weighted by molar-refractivity contribution is 14.1. The highest BCUT2D eigenvalue weighted by atomic mass is 127. The van der Waals surface area contributed by atoms with Crippen LogP contribution in [0, 0.1) is 9.39 Å². The molecule has 12 heavy (non-hydrogen) atoms. The Hall–Kier alpha value is 0.320. The van der Waals surface area contributed by atoms with E-state index in [1.165, 1.54) is 6.07 Å². The van der Waals surface area contributed by atoms with Crippen molar-refractivity contribution >= 4 is 55.4 Å². The predicted molar refractivity (Wildman–Crippen MR) is 57.0 cm³/mol. The first-order valence-corrected chi connectivity index (χ1v) is 5.11. The topological polar surface area (TPSA) is 17.1 Å². The maximum atomic E-state index is 12.9. The van der Waals surface area contributed by atoms with E-state index in [-0.39, 0.29) is 5.56 Å². The fourth-order valence-corrected chi connectivity index (χ4v) is 2.36. The van der Waals surface area contributed by atoms with Gasteiger partial charge in [-0.2, -0.15) is 0 Å². The van der Waals surface area contributed by atoms with Gasteiger partial charge in [0.05, 0.1) is 5.56 Å². The summed E-state index contributed by atoms with van der Waals surface area (Å²) in [6.07, 6.45) is 0. The SMILES string of the molecule is O=C(Cl)c1cc(F)c(I)cc1Br. The van der Waals surface area contributed by atoms with Gasteiger partial charge in [0.15, 0.2) is 0 Å². The quantitative estimate of drug-likeness (QED) is 0.424. The lowest BCUT2D eigenvalue weighted by Gasteiger charge is -2.00. The van der Waals surface area contributed by atoms with Gasteiger partial charge < -0.3 is 0 Å². The van der Waals surface area contributed by atoms with Crippen LogP contribution in [0.5, 0.6) is 0 Å². The molecular weight excluding hydrogens is 361 g/mol. The average molecular weight is 363 g/mol. The first kappa shape index (κ1) is 10.4. The summed E-state index contributed by atoms with van der Waals surface area (Å²) < 4.78 is 13.8. The Balaban J connectivity index is 3.33. The van der Waals surface area contributed by atoms with Crippen LogP contribution in [-0.2, 0) is 0 Å². The smallest absolute Gasteiger partial charge is 0.253 e. The van der Waals surface area contributed by atoms with Crippen LogP contribution in [0.3, 0.4) is 0 Å². The highest BCUT2D eigenvalue weighted by Gasteiger charge is 2.10. The molecule has 1 nitrogen and oxygen atoms in total. The highest BCUT2D eigenvalue weighted by Crippen LogP contribution is 2.23. The van der Waals surface area contributed by atoms with Crippen LogP contribution in [0.2, 0.25) is 0 Å². The third-order valence-electron chi connectivity index (χ3n) is 1.22. The molecule has 0 aromatic heterocycles. The molecule has 0 unspecified atom stereocenters. The number of carbonyl (C=O) groups is 1. The van der Waals surface area contributed by atoms with E-state index < -0.39 is 11.1 Å². The number of carbonyl (C=O) groups excluding carboxylic acids is 1. The molecule has 0 saturated heterocycles. The van der Waals surface area contributed by atoms with E-state index in [0.717, 1.165) is 6.07 Å². The summed E-state index contributed by atoms with van der Waals surface area (Å²) in [7, 11) is 0. The second-order valence-electron chi connectivity index (χ2n) is 2.02. The third-order valence-corrected chi connectivity index (χ3v) is 2.91. The Morgan fingerprint density at radius 3 is 2.67 bits per heavy atom. The molecule has 0 saturated carbocycles. The minimum absolute atomic E-state index is 0.148. The van der Waals surface area contributed by atoms with Gasteiger partial charge in [0.25, 0.3) is 5.24 Å². The summed E-state index contributed by atoms with van der Waals surface area (Å²) in [4.78, 5) is 10.7. The molecular formula is C7H2BrClFIO. The summed E-state index contributed by atoms with van der Waals surface area (Å²) in [5.74, 6) is -0.442. The summed E-state index contributed by atoms with van der Waals surface area (Å²) in [5.41, 5.74) is 0.148. The number of halogens is 4. The lowest BCUT2D eigenvalue weighted by molar-refractivity contribution is 0.108. The third kappa shape index (κ3) is 2.17. The molecule has 1 rings (SSSR count). The second-order valence-corrected chi connectivity index (χ2v) is 4.38. The first-order chi connectivity index (χ1) is 5.52. The molecule has 0 radical (unpaired) electrons. The van der Waals surface area contributed by atoms with Crippen molar-refractivity contribution in [2.24, 2.45) is 0 Å². The zero-order chi connectivity index (χ0) is 9.30. The van der Waals surface area contributed by atoms with Gasteiger partial charge in [-0.1, -0.05) is 0 Å². The van der Waals surface area contributed by atoms with Gasteiger partial charge >= 0.3 is 0 Å². The van der Waals surface area contributed by atoms with E-state index in [0.29, 0.717) is 8.04 Å². The van der Waals surface area contributed by atoms with Gasteiger partial charge in [0.1, 0.15) is 5.82 Å². The molecule has 0 bridgehead atoms. The molecule has 64 valence electrons. The van der Waals surface area contributed by atoms with Crippen LogP contribution in [0.15, 0.2) is 16.6 Å². The molecule has 0 aliphatic heterocycles. The first-order valence-electron chi connectivity index (χ1n) is 2.86. The van der Waals surface area contributed by atoms with Crippen molar-refractivity contribution in [2.45, 2.75) is 0 Å². The Morgan fingerprint density at radius 2 is 2.17 bits per heavy atom. The van der Waals surface area contributed by atoms with Crippen molar-refractivity contribution < 1.29 is 9.18 Å². The largest absolute Gasteiger partial charge is 0.276 e. The van der Waals surface area contributed by atoms with Crippen LogP contribution in [-0.4, -0.2) is 5.24 Å². The molecule has 0 spiro atoms. The standard InChI is InChI=1S/C7H2BrClFIO/c8-4-2-6(11)5(10)1-3(4)7(9)12/h1-2H. The van der Waals surface area contributed by atoms with E-state index in [4.69, 9.17) is 11.6 Å². The molecule has 0 aliphatic carbocycles. The number of rotatable bonds is 1. The van der Waals surface area contributed by atoms with Crippen LogP contribution < -0.4 is 0 Å². The van der Waals surface area contributed by atoms with Gasteiger partial charge in [0, 0.05) is 8.04 Å². The Kier molecular flexibility index (Phi) is 3.48. The van der Waals surface area contributed by atoms with Crippen molar-refractivity contribution in [1.82, 2.24) is 0 Å². The van der Waals surface area contributed by atoms with Crippen LogP contribution in [0.4, 0.5) is 4.39 Å². The number of hydrogen-bond donors (Lipinski definition) is 0. The molecule has 0 heterocycles. The van der Waals surface area contributed by atoms with E-state index in [1.54, 1.807) is 0 Å². The van der Waals surface area contributed by atoms with E-state index in [2.05, 4.69) is 15.9 Å². The van der Waals surface area contributed by atoms with Crippen molar-refractivity contribution in [2.75, 3.05) is 0 Å². The number of benzene rings is 1. The normalized spacial score (nSPS) is 10.0. The van der Waals surface area contributed by atoms with E-state index in [9.17, 15) is 9.18 Å². The molecule has 1 aromatic rings. The maximum absolute atomic E-state index is 12.9. The predicted octanol–water partition coefficient (Wildman–Crippen LogP) is 3.57. The fraction of sp³-hybridized carbons (Fsp3) is 0. The molecule has 0 atom stereocenters. The van der Waals surface area contributed by atoms with Crippen molar-refractivity contribution in [3.63, 3.8) is 0 Å². The minimum Gasteiger partial charge on any atom is -0.276 e. The van der Waals surface area contributed by atoms with Gasteiger partial charge in [-0.15, -0.1) is 0 Å².